The number of nitrogens with one attached hydrogen (secondary N) is 2. The molecule has 2 aliphatic heterocycles. The molecule has 1 atom stereocenters. The molecule has 2 amide bonds. The van der Waals surface area contributed by atoms with Crippen molar-refractivity contribution in [1.29, 1.82) is 0 Å². The fourth-order valence-corrected chi connectivity index (χ4v) is 4.25. The standard InChI is InChI=1S/C19H28N4O3.ClH/c1-4-15-17(13(3)24)12(2)21-18(15)19(26)22-8-5-6-14(11-22)23-9-7-20-10-16(23)25;/h14,20-21H,4-11H2,1-3H3;1H. The number of aromatic amines is 1. The average molecular weight is 397 g/mol. The number of hydrogen-bond donors (Lipinski definition) is 2. The molecule has 0 radical (unpaired) electrons. The van der Waals surface area contributed by atoms with Crippen molar-refractivity contribution in [2.45, 2.75) is 46.1 Å². The molecule has 0 saturated carbocycles. The molecule has 2 fully saturated rings. The number of piperazine rings is 1. The Hall–Kier alpha value is -1.86. The lowest BCUT2D eigenvalue weighted by molar-refractivity contribution is -0.135. The first-order valence-corrected chi connectivity index (χ1v) is 9.45. The Morgan fingerprint density at radius 3 is 2.63 bits per heavy atom. The van der Waals surface area contributed by atoms with Gasteiger partial charge >= 0.3 is 0 Å². The SMILES string of the molecule is CCc1c(C(=O)N2CCCC(N3CCNCC3=O)C2)[nH]c(C)c1C(C)=O.Cl. The lowest BCUT2D eigenvalue weighted by Crippen LogP contribution is -2.57. The van der Waals surface area contributed by atoms with Crippen molar-refractivity contribution in [2.24, 2.45) is 0 Å². The highest BCUT2D eigenvalue weighted by atomic mass is 35.5. The van der Waals surface area contributed by atoms with Gasteiger partial charge in [0.2, 0.25) is 5.91 Å². The van der Waals surface area contributed by atoms with E-state index in [1.165, 1.54) is 6.92 Å². The fourth-order valence-electron chi connectivity index (χ4n) is 4.25. The maximum atomic E-state index is 13.1. The Morgan fingerprint density at radius 2 is 2.00 bits per heavy atom. The molecule has 0 aromatic carbocycles. The monoisotopic (exact) mass is 396 g/mol. The minimum Gasteiger partial charge on any atom is -0.354 e. The molecule has 3 heterocycles. The summed E-state index contributed by atoms with van der Waals surface area (Å²) in [6, 6.07) is 0.0794. The molecule has 3 rings (SSSR count). The van der Waals surface area contributed by atoms with Gasteiger partial charge in [0.15, 0.2) is 5.78 Å². The Labute approximate surface area is 166 Å². The number of rotatable bonds is 4. The molecule has 0 spiro atoms. The first kappa shape index (κ1) is 21.4. The quantitative estimate of drug-likeness (QED) is 0.756. The van der Waals surface area contributed by atoms with Crippen LogP contribution in [0.5, 0.6) is 0 Å². The van der Waals surface area contributed by atoms with E-state index in [4.69, 9.17) is 0 Å². The lowest BCUT2D eigenvalue weighted by atomic mass is 10.0. The van der Waals surface area contributed by atoms with E-state index in [1.807, 2.05) is 23.6 Å². The number of H-pyrrole nitrogens is 1. The minimum absolute atomic E-state index is 0. The van der Waals surface area contributed by atoms with Crippen LogP contribution in [0.2, 0.25) is 0 Å². The van der Waals surface area contributed by atoms with Gasteiger partial charge in [-0.1, -0.05) is 6.92 Å². The summed E-state index contributed by atoms with van der Waals surface area (Å²) in [5, 5.41) is 3.09. The van der Waals surface area contributed by atoms with E-state index in [9.17, 15) is 14.4 Å². The number of aryl methyl sites for hydroxylation is 1. The van der Waals surface area contributed by atoms with Crippen LogP contribution in [0.1, 0.15) is 58.8 Å². The lowest BCUT2D eigenvalue weighted by Gasteiger charge is -2.41. The molecular formula is C19H29ClN4O3. The van der Waals surface area contributed by atoms with Crippen molar-refractivity contribution >= 4 is 30.0 Å². The van der Waals surface area contributed by atoms with Crippen LogP contribution < -0.4 is 5.32 Å². The highest BCUT2D eigenvalue weighted by Gasteiger charge is 2.33. The van der Waals surface area contributed by atoms with Crippen LogP contribution in [0.25, 0.3) is 0 Å². The van der Waals surface area contributed by atoms with Crippen molar-refractivity contribution in [1.82, 2.24) is 20.1 Å². The van der Waals surface area contributed by atoms with Crippen LogP contribution in [-0.4, -0.2) is 71.1 Å². The van der Waals surface area contributed by atoms with E-state index >= 15 is 0 Å². The number of nitrogens with zero attached hydrogens (tertiary/aromatic N) is 2. The van der Waals surface area contributed by atoms with Crippen molar-refractivity contribution in [3.05, 3.63) is 22.5 Å². The van der Waals surface area contributed by atoms with Crippen LogP contribution >= 0.6 is 12.4 Å². The smallest absolute Gasteiger partial charge is 0.270 e. The number of carbonyl (C=O) groups is 3. The molecule has 1 aromatic rings. The Morgan fingerprint density at radius 1 is 1.26 bits per heavy atom. The number of hydrogen-bond acceptors (Lipinski definition) is 4. The number of likely N-dealkylation sites (tertiary alicyclic amines) is 1. The third-order valence-electron chi connectivity index (χ3n) is 5.46. The molecular weight excluding hydrogens is 368 g/mol. The number of amides is 2. The van der Waals surface area contributed by atoms with Crippen LogP contribution in [-0.2, 0) is 11.2 Å². The number of halogens is 1. The molecule has 2 aliphatic rings. The number of Topliss-reactive ketones (excluding diaryl/α,β-unsaturated/α-hetero) is 1. The molecule has 0 bridgehead atoms. The van der Waals surface area contributed by atoms with Gasteiger partial charge in [0.1, 0.15) is 5.69 Å². The molecule has 150 valence electrons. The van der Waals surface area contributed by atoms with Gasteiger partial charge in [-0.15, -0.1) is 12.4 Å². The zero-order valence-electron chi connectivity index (χ0n) is 16.3. The summed E-state index contributed by atoms with van der Waals surface area (Å²) in [7, 11) is 0. The topological polar surface area (TPSA) is 85.5 Å². The minimum atomic E-state index is -0.0651. The van der Waals surface area contributed by atoms with Crippen molar-refractivity contribution in [3.63, 3.8) is 0 Å². The van der Waals surface area contributed by atoms with E-state index < -0.39 is 0 Å². The molecule has 8 heteroatoms. The zero-order valence-corrected chi connectivity index (χ0v) is 17.1. The molecule has 2 N–H and O–H groups in total. The van der Waals surface area contributed by atoms with Crippen LogP contribution in [0.4, 0.5) is 0 Å². The fraction of sp³-hybridized carbons (Fsp3) is 0.632. The Balaban J connectivity index is 0.00000261. The maximum absolute atomic E-state index is 13.1. The molecule has 2 saturated heterocycles. The summed E-state index contributed by atoms with van der Waals surface area (Å²) < 4.78 is 0. The summed E-state index contributed by atoms with van der Waals surface area (Å²) in [6.07, 6.45) is 2.45. The Kier molecular flexibility index (Phi) is 7.06. The molecule has 1 aromatic heterocycles. The number of ketones is 1. The second kappa shape index (κ2) is 8.89. The van der Waals surface area contributed by atoms with E-state index in [0.717, 1.165) is 30.6 Å². The third kappa shape index (κ3) is 4.19. The molecule has 0 aliphatic carbocycles. The van der Waals surface area contributed by atoms with Crippen molar-refractivity contribution in [2.75, 3.05) is 32.7 Å². The van der Waals surface area contributed by atoms with Gasteiger partial charge in [-0.25, -0.2) is 0 Å². The van der Waals surface area contributed by atoms with Gasteiger partial charge in [-0.2, -0.15) is 0 Å². The molecule has 27 heavy (non-hydrogen) atoms. The summed E-state index contributed by atoms with van der Waals surface area (Å²) >= 11 is 0. The van der Waals surface area contributed by atoms with Crippen LogP contribution in [0.3, 0.4) is 0 Å². The highest BCUT2D eigenvalue weighted by Crippen LogP contribution is 2.24. The van der Waals surface area contributed by atoms with Gasteiger partial charge in [0.25, 0.3) is 5.91 Å². The van der Waals surface area contributed by atoms with E-state index in [-0.39, 0.29) is 36.0 Å². The largest absolute Gasteiger partial charge is 0.354 e. The maximum Gasteiger partial charge on any atom is 0.270 e. The van der Waals surface area contributed by atoms with Gasteiger partial charge in [0, 0.05) is 43.5 Å². The van der Waals surface area contributed by atoms with E-state index in [0.29, 0.717) is 43.9 Å². The van der Waals surface area contributed by atoms with Crippen LogP contribution in [0, 0.1) is 6.92 Å². The van der Waals surface area contributed by atoms with Gasteiger partial charge < -0.3 is 20.1 Å². The van der Waals surface area contributed by atoms with Gasteiger partial charge in [-0.05, 0) is 38.7 Å². The van der Waals surface area contributed by atoms with Crippen molar-refractivity contribution < 1.29 is 14.4 Å². The molecule has 1 unspecified atom stereocenters. The summed E-state index contributed by atoms with van der Waals surface area (Å²) in [5.74, 6) is 0.0293. The summed E-state index contributed by atoms with van der Waals surface area (Å²) in [5.41, 5.74) is 2.73. The van der Waals surface area contributed by atoms with Gasteiger partial charge in [0.05, 0.1) is 6.54 Å². The van der Waals surface area contributed by atoms with Crippen molar-refractivity contribution in [3.8, 4) is 0 Å². The highest BCUT2D eigenvalue weighted by molar-refractivity contribution is 6.02. The average Bonchev–Trinajstić information content (AvgIpc) is 2.98. The Bertz CT molecular complexity index is 731. The summed E-state index contributed by atoms with van der Waals surface area (Å²) in [6.45, 7) is 8.46. The predicted octanol–water partition coefficient (Wildman–Crippen LogP) is 1.55. The van der Waals surface area contributed by atoms with Crippen LogP contribution in [0.15, 0.2) is 0 Å². The second-order valence-electron chi connectivity index (χ2n) is 7.20. The second-order valence-corrected chi connectivity index (χ2v) is 7.20. The summed E-state index contributed by atoms with van der Waals surface area (Å²) in [4.78, 5) is 44.2. The number of piperidine rings is 1. The van der Waals surface area contributed by atoms with Gasteiger partial charge in [-0.3, -0.25) is 14.4 Å². The first-order valence-electron chi connectivity index (χ1n) is 9.45. The van der Waals surface area contributed by atoms with E-state index in [2.05, 4.69) is 10.3 Å². The first-order chi connectivity index (χ1) is 12.4. The molecule has 7 nitrogen and oxygen atoms in total. The zero-order chi connectivity index (χ0) is 18.8. The normalized spacial score (nSPS) is 20.4. The third-order valence-corrected chi connectivity index (χ3v) is 5.46. The van der Waals surface area contributed by atoms with E-state index in [1.54, 1.807) is 0 Å². The number of aromatic nitrogens is 1. The number of carbonyl (C=O) groups excluding carboxylic acids is 3. The predicted molar refractivity (Wildman–Crippen MR) is 106 cm³/mol.